The van der Waals surface area contributed by atoms with Crippen molar-refractivity contribution < 1.29 is 22.7 Å². The van der Waals surface area contributed by atoms with Gasteiger partial charge < -0.3 is 9.64 Å². The number of para-hydroxylation sites is 1. The highest BCUT2D eigenvalue weighted by Gasteiger charge is 2.36. The first-order chi connectivity index (χ1) is 13.2. The molecule has 1 saturated heterocycles. The number of nitrogens with zero attached hydrogens (tertiary/aromatic N) is 2. The van der Waals surface area contributed by atoms with Crippen molar-refractivity contribution >= 4 is 32.6 Å². The molecule has 28 heavy (non-hydrogen) atoms. The van der Waals surface area contributed by atoms with Crippen molar-refractivity contribution in [1.82, 2.24) is 9.88 Å². The number of likely N-dealkylation sites (N-methyl/N-ethyl adjacent to an activating group) is 1. The summed E-state index contributed by atoms with van der Waals surface area (Å²) in [6.45, 7) is 5.45. The third-order valence-electron chi connectivity index (χ3n) is 4.97. The molecule has 2 aromatic rings. The van der Waals surface area contributed by atoms with E-state index in [1.807, 2.05) is 18.2 Å². The molecule has 1 fully saturated rings. The smallest absolute Gasteiger partial charge is 0.339 e. The number of fused-ring (bicyclic) bond motifs is 1. The molecule has 2 heterocycles. The van der Waals surface area contributed by atoms with Crippen LogP contribution in [0.1, 0.15) is 36.3 Å². The van der Waals surface area contributed by atoms with E-state index in [1.54, 1.807) is 26.0 Å². The van der Waals surface area contributed by atoms with Crippen LogP contribution in [0.2, 0.25) is 0 Å². The minimum atomic E-state index is -3.11. The number of carbonyl (C=O) groups is 2. The van der Waals surface area contributed by atoms with E-state index < -0.39 is 21.9 Å². The number of ether oxygens (including phenoxy) is 1. The molecule has 3 rings (SSSR count). The lowest BCUT2D eigenvalue weighted by atomic mass is 10.1. The average Bonchev–Trinajstić information content (AvgIpc) is 3.00. The minimum absolute atomic E-state index is 0.0402. The minimum Gasteiger partial charge on any atom is -0.449 e. The SMILES string of the molecule is CCN(C(=O)[C@H](C)OC(=O)c1cc(C)nc2ccccc12)[C@H]1CCS(=O)(=O)C1. The number of rotatable bonds is 5. The molecule has 150 valence electrons. The summed E-state index contributed by atoms with van der Waals surface area (Å²) in [6.07, 6.45) is -0.598. The van der Waals surface area contributed by atoms with Crippen LogP contribution in [-0.4, -0.2) is 60.4 Å². The Morgan fingerprint density at radius 3 is 2.68 bits per heavy atom. The number of hydrogen-bond acceptors (Lipinski definition) is 6. The van der Waals surface area contributed by atoms with Gasteiger partial charge in [-0.3, -0.25) is 9.78 Å². The zero-order valence-corrected chi connectivity index (χ0v) is 17.0. The van der Waals surface area contributed by atoms with Crippen molar-refractivity contribution in [3.05, 3.63) is 41.6 Å². The van der Waals surface area contributed by atoms with Crippen LogP contribution in [0, 0.1) is 6.92 Å². The van der Waals surface area contributed by atoms with Crippen molar-refractivity contribution in [3.8, 4) is 0 Å². The molecule has 2 atom stereocenters. The lowest BCUT2D eigenvalue weighted by Crippen LogP contribution is -2.46. The Balaban J connectivity index is 1.78. The number of pyridine rings is 1. The lowest BCUT2D eigenvalue weighted by molar-refractivity contribution is -0.141. The Kier molecular flexibility index (Phi) is 5.69. The predicted molar refractivity (Wildman–Crippen MR) is 106 cm³/mol. The number of benzene rings is 1. The summed E-state index contributed by atoms with van der Waals surface area (Å²) >= 11 is 0. The normalized spacial score (nSPS) is 19.3. The van der Waals surface area contributed by atoms with E-state index in [-0.39, 0.29) is 23.5 Å². The maximum atomic E-state index is 12.8. The van der Waals surface area contributed by atoms with Gasteiger partial charge in [0.05, 0.1) is 22.6 Å². The maximum Gasteiger partial charge on any atom is 0.339 e. The molecule has 1 aliphatic heterocycles. The van der Waals surface area contributed by atoms with Crippen molar-refractivity contribution in [1.29, 1.82) is 0 Å². The van der Waals surface area contributed by atoms with Crippen LogP contribution in [0.4, 0.5) is 0 Å². The first-order valence-corrected chi connectivity index (χ1v) is 11.1. The number of amides is 1. The van der Waals surface area contributed by atoms with E-state index in [9.17, 15) is 18.0 Å². The van der Waals surface area contributed by atoms with Crippen molar-refractivity contribution in [3.63, 3.8) is 0 Å². The fraction of sp³-hybridized carbons (Fsp3) is 0.450. The molecule has 1 aromatic heterocycles. The molecule has 8 heteroatoms. The topological polar surface area (TPSA) is 93.6 Å². The second-order valence-electron chi connectivity index (χ2n) is 7.06. The molecule has 0 bridgehead atoms. The largest absolute Gasteiger partial charge is 0.449 e. The van der Waals surface area contributed by atoms with Gasteiger partial charge in [-0.1, -0.05) is 18.2 Å². The van der Waals surface area contributed by atoms with Gasteiger partial charge in [0.2, 0.25) is 0 Å². The van der Waals surface area contributed by atoms with Gasteiger partial charge in [0, 0.05) is 23.7 Å². The van der Waals surface area contributed by atoms with Gasteiger partial charge >= 0.3 is 5.97 Å². The fourth-order valence-electron chi connectivity index (χ4n) is 3.60. The predicted octanol–water partition coefficient (Wildman–Crippen LogP) is 2.12. The number of hydrogen-bond donors (Lipinski definition) is 0. The van der Waals surface area contributed by atoms with Gasteiger partial charge in [0.1, 0.15) is 0 Å². The highest BCUT2D eigenvalue weighted by molar-refractivity contribution is 7.91. The third kappa shape index (κ3) is 4.16. The highest BCUT2D eigenvalue weighted by atomic mass is 32.2. The molecular weight excluding hydrogens is 380 g/mol. The van der Waals surface area contributed by atoms with Crippen LogP contribution in [0.5, 0.6) is 0 Å². The second-order valence-corrected chi connectivity index (χ2v) is 9.29. The summed E-state index contributed by atoms with van der Waals surface area (Å²) in [5, 5.41) is 0.659. The van der Waals surface area contributed by atoms with E-state index >= 15 is 0 Å². The van der Waals surface area contributed by atoms with E-state index in [1.165, 1.54) is 11.8 Å². The Labute approximate surface area is 164 Å². The summed E-state index contributed by atoms with van der Waals surface area (Å²) < 4.78 is 28.9. The van der Waals surface area contributed by atoms with Gasteiger partial charge in [-0.25, -0.2) is 13.2 Å². The number of aromatic nitrogens is 1. The van der Waals surface area contributed by atoms with Gasteiger partial charge in [0.25, 0.3) is 5.91 Å². The van der Waals surface area contributed by atoms with E-state index in [0.29, 0.717) is 35.1 Å². The zero-order chi connectivity index (χ0) is 20.5. The summed E-state index contributed by atoms with van der Waals surface area (Å²) in [7, 11) is -3.11. The molecule has 0 spiro atoms. The fourth-order valence-corrected chi connectivity index (χ4v) is 5.33. The number of sulfone groups is 1. The van der Waals surface area contributed by atoms with E-state index in [0.717, 1.165) is 0 Å². The molecule has 0 radical (unpaired) electrons. The second kappa shape index (κ2) is 7.87. The summed E-state index contributed by atoms with van der Waals surface area (Å²) in [4.78, 5) is 31.5. The lowest BCUT2D eigenvalue weighted by Gasteiger charge is -2.29. The average molecular weight is 404 g/mol. The van der Waals surface area contributed by atoms with E-state index in [4.69, 9.17) is 4.74 Å². The van der Waals surface area contributed by atoms with Gasteiger partial charge in [0.15, 0.2) is 15.9 Å². The molecule has 0 unspecified atom stereocenters. The Hall–Kier alpha value is -2.48. The molecular formula is C20H24N2O5S. The summed E-state index contributed by atoms with van der Waals surface area (Å²) in [5.41, 5.74) is 1.71. The van der Waals surface area contributed by atoms with Crippen LogP contribution < -0.4 is 0 Å². The standard InChI is InChI=1S/C20H24N2O5S/c1-4-22(15-9-10-28(25,26)12-15)19(23)14(3)27-20(24)17-11-13(2)21-18-8-6-5-7-16(17)18/h5-8,11,14-15H,4,9-10,12H2,1-3H3/t14-,15-/m0/s1. The maximum absolute atomic E-state index is 12.8. The zero-order valence-electron chi connectivity index (χ0n) is 16.2. The summed E-state index contributed by atoms with van der Waals surface area (Å²) in [5.74, 6) is -0.940. The van der Waals surface area contributed by atoms with E-state index in [2.05, 4.69) is 4.98 Å². The number of aryl methyl sites for hydroxylation is 1. The number of carbonyl (C=O) groups excluding carboxylic acids is 2. The van der Waals surface area contributed by atoms with Gasteiger partial charge in [-0.2, -0.15) is 0 Å². The van der Waals surface area contributed by atoms with Gasteiger partial charge in [-0.15, -0.1) is 0 Å². The van der Waals surface area contributed by atoms with Crippen LogP contribution in [0.3, 0.4) is 0 Å². The van der Waals surface area contributed by atoms with Crippen LogP contribution in [0.25, 0.3) is 10.9 Å². The Morgan fingerprint density at radius 1 is 1.32 bits per heavy atom. The molecule has 1 aliphatic rings. The van der Waals surface area contributed by atoms with Crippen molar-refractivity contribution in [2.75, 3.05) is 18.1 Å². The molecule has 1 amide bonds. The van der Waals surface area contributed by atoms with Crippen LogP contribution >= 0.6 is 0 Å². The first kappa shape index (κ1) is 20.3. The molecule has 0 N–H and O–H groups in total. The van der Waals surface area contributed by atoms with Crippen molar-refractivity contribution in [2.24, 2.45) is 0 Å². The quantitative estimate of drug-likeness (QED) is 0.709. The monoisotopic (exact) mass is 404 g/mol. The molecule has 0 aliphatic carbocycles. The summed E-state index contributed by atoms with van der Waals surface area (Å²) in [6, 6.07) is 8.52. The highest BCUT2D eigenvalue weighted by Crippen LogP contribution is 2.22. The molecule has 7 nitrogen and oxygen atoms in total. The number of esters is 1. The van der Waals surface area contributed by atoms with Crippen molar-refractivity contribution in [2.45, 2.75) is 39.3 Å². The third-order valence-corrected chi connectivity index (χ3v) is 6.72. The van der Waals surface area contributed by atoms with Crippen LogP contribution in [-0.2, 0) is 19.4 Å². The molecule has 0 saturated carbocycles. The van der Waals surface area contributed by atoms with Crippen LogP contribution in [0.15, 0.2) is 30.3 Å². The Morgan fingerprint density at radius 2 is 2.04 bits per heavy atom. The first-order valence-electron chi connectivity index (χ1n) is 9.30. The van der Waals surface area contributed by atoms with Gasteiger partial charge in [-0.05, 0) is 39.3 Å². The molecule has 1 aromatic carbocycles. The Bertz CT molecular complexity index is 1020.